The molecule has 2 N–H and O–H groups in total. The number of imidazole rings is 1. The first-order chi connectivity index (χ1) is 13.9. The van der Waals surface area contributed by atoms with E-state index in [1.54, 1.807) is 7.11 Å². The summed E-state index contributed by atoms with van der Waals surface area (Å²) in [5, 5.41) is 5.84. The zero-order valence-corrected chi connectivity index (χ0v) is 17.7. The summed E-state index contributed by atoms with van der Waals surface area (Å²) in [7, 11) is 1.57. The molecule has 0 atom stereocenters. The average molecular weight is 399 g/mol. The third-order valence-electron chi connectivity index (χ3n) is 5.15. The van der Waals surface area contributed by atoms with Crippen molar-refractivity contribution >= 4 is 17.5 Å². The van der Waals surface area contributed by atoms with Gasteiger partial charge in [-0.1, -0.05) is 19.9 Å². The molecule has 0 bridgehead atoms. The number of amides is 2. The Balaban J connectivity index is 1.86. The third kappa shape index (κ3) is 4.78. The van der Waals surface area contributed by atoms with Gasteiger partial charge in [-0.25, -0.2) is 4.98 Å². The molecule has 156 valence electrons. The topological polar surface area (TPSA) is 85.2 Å². The van der Waals surface area contributed by atoms with Gasteiger partial charge in [0.05, 0.1) is 18.5 Å². The standard InChI is InChI=1S/C22H30N4O3/c1-14(2)10-11-23-22(28)20-25-19(17-7-5-6-12-26(17)20)21(27)24-16-13-15(3)8-9-18(16)29-4/h8-9,13-14H,5-7,10-12H2,1-4H3,(H,23,28)(H,24,27). The van der Waals surface area contributed by atoms with E-state index in [-0.39, 0.29) is 11.8 Å². The van der Waals surface area contributed by atoms with Gasteiger partial charge in [0, 0.05) is 13.1 Å². The van der Waals surface area contributed by atoms with Crippen LogP contribution < -0.4 is 15.4 Å². The number of fused-ring (bicyclic) bond motifs is 1. The van der Waals surface area contributed by atoms with E-state index in [0.29, 0.717) is 42.0 Å². The Morgan fingerprint density at radius 2 is 2.03 bits per heavy atom. The highest BCUT2D eigenvalue weighted by atomic mass is 16.5. The van der Waals surface area contributed by atoms with E-state index in [9.17, 15) is 9.59 Å². The average Bonchev–Trinajstić information content (AvgIpc) is 3.08. The Morgan fingerprint density at radius 3 is 2.76 bits per heavy atom. The van der Waals surface area contributed by atoms with E-state index in [1.165, 1.54) is 0 Å². The maximum atomic E-state index is 13.0. The predicted molar refractivity (Wildman–Crippen MR) is 113 cm³/mol. The maximum Gasteiger partial charge on any atom is 0.287 e. The van der Waals surface area contributed by atoms with Crippen molar-refractivity contribution in [2.75, 3.05) is 19.0 Å². The molecule has 7 nitrogen and oxygen atoms in total. The Labute approximate surface area is 171 Å². The van der Waals surface area contributed by atoms with Crippen LogP contribution in [0.4, 0.5) is 5.69 Å². The van der Waals surface area contributed by atoms with Gasteiger partial charge in [-0.3, -0.25) is 9.59 Å². The van der Waals surface area contributed by atoms with E-state index in [0.717, 1.165) is 36.9 Å². The van der Waals surface area contributed by atoms with Gasteiger partial charge in [0.15, 0.2) is 11.5 Å². The summed E-state index contributed by atoms with van der Waals surface area (Å²) in [5.41, 5.74) is 2.76. The minimum absolute atomic E-state index is 0.221. The molecular formula is C22H30N4O3. The minimum Gasteiger partial charge on any atom is -0.495 e. The monoisotopic (exact) mass is 398 g/mol. The second-order valence-corrected chi connectivity index (χ2v) is 7.94. The number of nitrogens with zero attached hydrogens (tertiary/aromatic N) is 2. The van der Waals surface area contributed by atoms with Gasteiger partial charge < -0.3 is 19.9 Å². The van der Waals surface area contributed by atoms with Crippen molar-refractivity contribution in [3.63, 3.8) is 0 Å². The van der Waals surface area contributed by atoms with E-state index in [2.05, 4.69) is 29.5 Å². The number of hydrogen-bond acceptors (Lipinski definition) is 4. The number of aromatic nitrogens is 2. The fraction of sp³-hybridized carbons (Fsp3) is 0.500. The number of carbonyl (C=O) groups is 2. The number of rotatable bonds is 7. The number of hydrogen-bond donors (Lipinski definition) is 2. The third-order valence-corrected chi connectivity index (χ3v) is 5.15. The molecule has 2 heterocycles. The van der Waals surface area contributed by atoms with Crippen molar-refractivity contribution in [1.29, 1.82) is 0 Å². The van der Waals surface area contributed by atoms with Crippen molar-refractivity contribution in [3.8, 4) is 5.75 Å². The number of benzene rings is 1. The Kier molecular flexibility index (Phi) is 6.56. The molecule has 2 aromatic rings. The Hall–Kier alpha value is -2.83. The fourth-order valence-corrected chi connectivity index (χ4v) is 3.55. The van der Waals surface area contributed by atoms with E-state index >= 15 is 0 Å². The highest BCUT2D eigenvalue weighted by Crippen LogP contribution is 2.27. The Bertz CT molecular complexity index is 902. The summed E-state index contributed by atoms with van der Waals surface area (Å²) in [6, 6.07) is 5.60. The van der Waals surface area contributed by atoms with Crippen molar-refractivity contribution in [1.82, 2.24) is 14.9 Å². The Morgan fingerprint density at radius 1 is 1.24 bits per heavy atom. The van der Waals surface area contributed by atoms with Crippen LogP contribution in [0.1, 0.15) is 65.5 Å². The molecule has 0 spiro atoms. The molecule has 0 aliphatic carbocycles. The summed E-state index contributed by atoms with van der Waals surface area (Å²) in [4.78, 5) is 30.2. The van der Waals surface area contributed by atoms with Gasteiger partial charge in [-0.15, -0.1) is 0 Å². The molecule has 3 rings (SSSR count). The summed E-state index contributed by atoms with van der Waals surface area (Å²) in [6.07, 6.45) is 3.59. The molecule has 7 heteroatoms. The zero-order chi connectivity index (χ0) is 21.0. The van der Waals surface area contributed by atoms with Crippen LogP contribution in [0.5, 0.6) is 5.75 Å². The smallest absolute Gasteiger partial charge is 0.287 e. The number of carbonyl (C=O) groups excluding carboxylic acids is 2. The van der Waals surface area contributed by atoms with Crippen LogP contribution in [-0.2, 0) is 13.0 Å². The molecule has 0 radical (unpaired) electrons. The lowest BCUT2D eigenvalue weighted by atomic mass is 10.1. The normalized spacial score (nSPS) is 13.1. The van der Waals surface area contributed by atoms with E-state index in [1.807, 2.05) is 29.7 Å². The van der Waals surface area contributed by atoms with Gasteiger partial charge in [0.25, 0.3) is 11.8 Å². The molecule has 0 fully saturated rings. The summed E-state index contributed by atoms with van der Waals surface area (Å²) >= 11 is 0. The molecule has 1 aliphatic heterocycles. The van der Waals surface area contributed by atoms with Gasteiger partial charge in [-0.05, 0) is 56.2 Å². The van der Waals surface area contributed by atoms with Crippen molar-refractivity contribution in [3.05, 3.63) is 41.0 Å². The van der Waals surface area contributed by atoms with Crippen molar-refractivity contribution in [2.45, 2.75) is 53.0 Å². The first-order valence-electron chi connectivity index (χ1n) is 10.2. The molecular weight excluding hydrogens is 368 g/mol. The quantitative estimate of drug-likeness (QED) is 0.747. The molecule has 0 unspecified atom stereocenters. The maximum absolute atomic E-state index is 13.0. The summed E-state index contributed by atoms with van der Waals surface area (Å²) in [6.45, 7) is 7.49. The SMILES string of the molecule is COc1ccc(C)cc1NC(=O)c1nc(C(=O)NCCC(C)C)n2c1CCCC2. The van der Waals surface area contributed by atoms with Crippen LogP contribution in [0.25, 0.3) is 0 Å². The van der Waals surface area contributed by atoms with Gasteiger partial charge >= 0.3 is 0 Å². The number of methoxy groups -OCH3 is 1. The molecule has 0 saturated carbocycles. The van der Waals surface area contributed by atoms with E-state index in [4.69, 9.17) is 4.74 Å². The van der Waals surface area contributed by atoms with E-state index < -0.39 is 0 Å². The van der Waals surface area contributed by atoms with Crippen LogP contribution in [0.2, 0.25) is 0 Å². The van der Waals surface area contributed by atoms with Gasteiger partial charge in [-0.2, -0.15) is 0 Å². The van der Waals surface area contributed by atoms with Crippen molar-refractivity contribution < 1.29 is 14.3 Å². The lowest BCUT2D eigenvalue weighted by Gasteiger charge is -2.17. The molecule has 29 heavy (non-hydrogen) atoms. The zero-order valence-electron chi connectivity index (χ0n) is 17.7. The minimum atomic E-state index is -0.319. The van der Waals surface area contributed by atoms with Gasteiger partial charge in [0.2, 0.25) is 0 Å². The lowest BCUT2D eigenvalue weighted by molar-refractivity contribution is 0.0936. The van der Waals surface area contributed by atoms with Crippen LogP contribution in [0.3, 0.4) is 0 Å². The molecule has 1 aliphatic rings. The fourth-order valence-electron chi connectivity index (χ4n) is 3.55. The highest BCUT2D eigenvalue weighted by Gasteiger charge is 2.27. The summed E-state index contributed by atoms with van der Waals surface area (Å²) < 4.78 is 7.25. The van der Waals surface area contributed by atoms with Crippen LogP contribution in [0.15, 0.2) is 18.2 Å². The number of aryl methyl sites for hydroxylation is 1. The van der Waals surface area contributed by atoms with Crippen molar-refractivity contribution in [2.24, 2.45) is 5.92 Å². The molecule has 0 saturated heterocycles. The highest BCUT2D eigenvalue weighted by molar-refractivity contribution is 6.05. The van der Waals surface area contributed by atoms with Gasteiger partial charge in [0.1, 0.15) is 5.75 Å². The van der Waals surface area contributed by atoms with Crippen LogP contribution in [0, 0.1) is 12.8 Å². The predicted octanol–water partition coefficient (Wildman–Crippen LogP) is 3.56. The number of anilines is 1. The molecule has 2 amide bonds. The number of ether oxygens (including phenoxy) is 1. The largest absolute Gasteiger partial charge is 0.495 e. The van der Waals surface area contributed by atoms with Crippen LogP contribution >= 0.6 is 0 Å². The molecule has 1 aromatic carbocycles. The number of nitrogens with one attached hydrogen (secondary N) is 2. The summed E-state index contributed by atoms with van der Waals surface area (Å²) in [5.74, 6) is 0.880. The molecule has 1 aromatic heterocycles. The lowest BCUT2D eigenvalue weighted by Crippen LogP contribution is -2.29. The second kappa shape index (κ2) is 9.11. The first-order valence-corrected chi connectivity index (χ1v) is 10.2. The van der Waals surface area contributed by atoms with Crippen LogP contribution in [-0.4, -0.2) is 35.0 Å². The second-order valence-electron chi connectivity index (χ2n) is 7.94. The first kappa shape index (κ1) is 20.9.